The maximum atomic E-state index is 13.6. The highest BCUT2D eigenvalue weighted by Crippen LogP contribution is 2.32. The van der Waals surface area contributed by atoms with Crippen molar-refractivity contribution in [2.75, 3.05) is 0 Å². The molecule has 0 N–H and O–H groups in total. The van der Waals surface area contributed by atoms with Crippen LogP contribution in [0.4, 0.5) is 4.39 Å². The molecular formula is C12H15FN2. The van der Waals surface area contributed by atoms with Crippen molar-refractivity contribution in [1.82, 2.24) is 4.98 Å². The van der Waals surface area contributed by atoms with Crippen LogP contribution in [-0.2, 0) is 5.41 Å². The van der Waals surface area contributed by atoms with Gasteiger partial charge in [0.1, 0.15) is 11.9 Å². The first-order valence-corrected chi connectivity index (χ1v) is 5.07. The molecule has 0 atom stereocenters. The Balaban J connectivity index is 3.29. The lowest BCUT2D eigenvalue weighted by molar-refractivity contribution is 0.442. The van der Waals surface area contributed by atoms with Gasteiger partial charge in [0.25, 0.3) is 0 Å². The van der Waals surface area contributed by atoms with E-state index in [2.05, 4.69) is 4.98 Å². The molecule has 1 rings (SSSR count). The minimum absolute atomic E-state index is 0.313. The maximum Gasteiger partial charge on any atom is 0.146 e. The van der Waals surface area contributed by atoms with Crippen LogP contribution in [0, 0.1) is 17.1 Å². The Hall–Kier alpha value is -1.43. The van der Waals surface area contributed by atoms with Gasteiger partial charge >= 0.3 is 0 Å². The van der Waals surface area contributed by atoms with E-state index in [1.54, 1.807) is 0 Å². The summed E-state index contributed by atoms with van der Waals surface area (Å²) in [5.41, 5.74) is 0.516. The Labute approximate surface area is 89.8 Å². The first kappa shape index (κ1) is 11.6. The summed E-state index contributed by atoms with van der Waals surface area (Å²) in [6.45, 7) is 5.96. The molecule has 15 heavy (non-hydrogen) atoms. The largest absolute Gasteiger partial charge is 0.260 e. The summed E-state index contributed by atoms with van der Waals surface area (Å²) in [5, 5.41) is 8.92. The quantitative estimate of drug-likeness (QED) is 0.761. The molecule has 0 amide bonds. The van der Waals surface area contributed by atoms with Crippen molar-refractivity contribution in [2.45, 2.75) is 39.0 Å². The number of hydrogen-bond acceptors (Lipinski definition) is 2. The van der Waals surface area contributed by atoms with Crippen LogP contribution in [0.25, 0.3) is 0 Å². The zero-order valence-corrected chi connectivity index (χ0v) is 9.34. The van der Waals surface area contributed by atoms with Gasteiger partial charge in [0.05, 0.1) is 11.8 Å². The van der Waals surface area contributed by atoms with Gasteiger partial charge in [0.15, 0.2) is 0 Å². The summed E-state index contributed by atoms with van der Waals surface area (Å²) in [6, 6.07) is 2.00. The second-order valence-electron chi connectivity index (χ2n) is 4.29. The van der Waals surface area contributed by atoms with E-state index in [-0.39, 0.29) is 11.2 Å². The number of aromatic nitrogens is 1. The first-order chi connectivity index (χ1) is 7.03. The number of nitrogens with zero attached hydrogens (tertiary/aromatic N) is 2. The highest BCUT2D eigenvalue weighted by molar-refractivity contribution is 5.40. The topological polar surface area (TPSA) is 36.7 Å². The molecule has 0 bridgehead atoms. The van der Waals surface area contributed by atoms with Crippen LogP contribution in [-0.4, -0.2) is 4.98 Å². The van der Waals surface area contributed by atoms with Crippen molar-refractivity contribution in [1.29, 1.82) is 5.26 Å². The molecule has 0 saturated carbocycles. The van der Waals surface area contributed by atoms with Crippen LogP contribution in [0.1, 0.15) is 44.7 Å². The molecule has 1 aromatic rings. The fourth-order valence-corrected chi connectivity index (χ4v) is 1.96. The molecule has 0 aromatic carbocycles. The van der Waals surface area contributed by atoms with Crippen molar-refractivity contribution in [3.8, 4) is 6.07 Å². The van der Waals surface area contributed by atoms with Gasteiger partial charge < -0.3 is 0 Å². The summed E-state index contributed by atoms with van der Waals surface area (Å²) in [4.78, 5) is 3.69. The lowest BCUT2D eigenvalue weighted by Crippen LogP contribution is -2.20. The third kappa shape index (κ3) is 2.33. The van der Waals surface area contributed by atoms with Gasteiger partial charge in [0, 0.05) is 11.8 Å². The first-order valence-electron chi connectivity index (χ1n) is 5.07. The predicted molar refractivity (Wildman–Crippen MR) is 56.8 cm³/mol. The zero-order chi connectivity index (χ0) is 11.5. The van der Waals surface area contributed by atoms with E-state index in [1.165, 1.54) is 12.4 Å². The number of rotatable bonds is 3. The normalized spacial score (nSPS) is 11.1. The molecule has 0 aliphatic carbocycles. The summed E-state index contributed by atoms with van der Waals surface area (Å²) >= 11 is 0. The third-order valence-corrected chi connectivity index (χ3v) is 2.57. The highest BCUT2D eigenvalue weighted by atomic mass is 19.1. The van der Waals surface area contributed by atoms with Crippen molar-refractivity contribution >= 4 is 0 Å². The highest BCUT2D eigenvalue weighted by Gasteiger charge is 2.26. The maximum absolute atomic E-state index is 13.6. The van der Waals surface area contributed by atoms with Gasteiger partial charge in [-0.05, 0) is 11.8 Å². The van der Waals surface area contributed by atoms with E-state index in [4.69, 9.17) is 5.26 Å². The molecule has 0 aliphatic heterocycles. The second-order valence-corrected chi connectivity index (χ2v) is 4.29. The number of pyridine rings is 1. The molecular weight excluding hydrogens is 191 g/mol. The van der Waals surface area contributed by atoms with Gasteiger partial charge in [-0.1, -0.05) is 27.2 Å². The SMILES string of the molecule is CCCC(C)(C)c1c(F)cncc1C#N. The van der Waals surface area contributed by atoms with E-state index in [9.17, 15) is 4.39 Å². The Morgan fingerprint density at radius 1 is 1.47 bits per heavy atom. The fourth-order valence-electron chi connectivity index (χ4n) is 1.96. The molecule has 80 valence electrons. The second kappa shape index (κ2) is 4.39. The number of halogens is 1. The minimum atomic E-state index is -0.382. The van der Waals surface area contributed by atoms with Gasteiger partial charge in [0.2, 0.25) is 0 Å². The van der Waals surface area contributed by atoms with Gasteiger partial charge in [-0.3, -0.25) is 4.98 Å². The molecule has 0 fully saturated rings. The van der Waals surface area contributed by atoms with Crippen molar-refractivity contribution in [3.63, 3.8) is 0 Å². The molecule has 0 unspecified atom stereocenters. The monoisotopic (exact) mass is 206 g/mol. The Morgan fingerprint density at radius 3 is 2.67 bits per heavy atom. The number of nitriles is 1. The standard InChI is InChI=1S/C12H15FN2/c1-4-5-12(2,3)11-9(6-14)7-15-8-10(11)13/h7-8H,4-5H2,1-3H3. The molecule has 0 saturated heterocycles. The van der Waals surface area contributed by atoms with E-state index < -0.39 is 0 Å². The van der Waals surface area contributed by atoms with Crippen LogP contribution in [0.2, 0.25) is 0 Å². The van der Waals surface area contributed by atoms with Gasteiger partial charge in [-0.2, -0.15) is 5.26 Å². The molecule has 1 heterocycles. The lowest BCUT2D eigenvalue weighted by atomic mass is 9.79. The Morgan fingerprint density at radius 2 is 2.13 bits per heavy atom. The molecule has 3 heteroatoms. The van der Waals surface area contributed by atoms with Crippen LogP contribution < -0.4 is 0 Å². The lowest BCUT2D eigenvalue weighted by Gasteiger charge is -2.25. The van der Waals surface area contributed by atoms with Gasteiger partial charge in [-0.25, -0.2) is 4.39 Å². The van der Waals surface area contributed by atoms with E-state index in [1.807, 2.05) is 26.8 Å². The molecule has 0 aliphatic rings. The van der Waals surface area contributed by atoms with Crippen molar-refractivity contribution < 1.29 is 4.39 Å². The van der Waals surface area contributed by atoms with Crippen LogP contribution in [0.3, 0.4) is 0 Å². The van der Waals surface area contributed by atoms with Crippen molar-refractivity contribution in [3.05, 3.63) is 29.3 Å². The van der Waals surface area contributed by atoms with Crippen LogP contribution in [0.15, 0.2) is 12.4 Å². The van der Waals surface area contributed by atoms with Crippen LogP contribution in [0.5, 0.6) is 0 Å². The van der Waals surface area contributed by atoms with Gasteiger partial charge in [-0.15, -0.1) is 0 Å². The van der Waals surface area contributed by atoms with E-state index in [0.717, 1.165) is 12.8 Å². The average molecular weight is 206 g/mol. The fraction of sp³-hybridized carbons (Fsp3) is 0.500. The summed E-state index contributed by atoms with van der Waals surface area (Å²) < 4.78 is 13.6. The zero-order valence-electron chi connectivity index (χ0n) is 9.34. The Kier molecular flexibility index (Phi) is 3.41. The molecule has 1 aromatic heterocycles. The average Bonchev–Trinajstić information content (AvgIpc) is 2.16. The summed E-state index contributed by atoms with van der Waals surface area (Å²) in [6.07, 6.45) is 4.41. The van der Waals surface area contributed by atoms with Crippen LogP contribution >= 0.6 is 0 Å². The van der Waals surface area contributed by atoms with E-state index >= 15 is 0 Å². The third-order valence-electron chi connectivity index (χ3n) is 2.57. The minimum Gasteiger partial charge on any atom is -0.260 e. The summed E-state index contributed by atoms with van der Waals surface area (Å²) in [7, 11) is 0. The molecule has 0 spiro atoms. The predicted octanol–water partition coefficient (Wildman–Crippen LogP) is 3.17. The van der Waals surface area contributed by atoms with Crippen molar-refractivity contribution in [2.24, 2.45) is 0 Å². The van der Waals surface area contributed by atoms with E-state index in [0.29, 0.717) is 11.1 Å². The molecule has 2 nitrogen and oxygen atoms in total. The number of hydrogen-bond donors (Lipinski definition) is 0. The smallest absolute Gasteiger partial charge is 0.146 e. The molecule has 0 radical (unpaired) electrons. The summed E-state index contributed by atoms with van der Waals surface area (Å²) in [5.74, 6) is -0.382. The Bertz CT molecular complexity index is 391.